The summed E-state index contributed by atoms with van der Waals surface area (Å²) in [5.41, 5.74) is 2.28. The molecule has 4 aliphatic carbocycles. The minimum atomic E-state index is 0.521. The van der Waals surface area contributed by atoms with Gasteiger partial charge in [-0.3, -0.25) is 4.79 Å². The molecule has 0 aromatic rings. The summed E-state index contributed by atoms with van der Waals surface area (Å²) in [6.45, 7) is 4.81. The Hall–Kier alpha value is -0.590. The molecule has 0 radical (unpaired) electrons. The second kappa shape index (κ2) is 4.96. The zero-order chi connectivity index (χ0) is 14.6. The Morgan fingerprint density at radius 2 is 1.86 bits per heavy atom. The van der Waals surface area contributed by atoms with E-state index in [0.717, 1.165) is 42.4 Å². The van der Waals surface area contributed by atoms with Crippen LogP contribution in [0.5, 0.6) is 0 Å². The van der Waals surface area contributed by atoms with E-state index in [9.17, 15) is 4.79 Å². The monoisotopic (exact) mass is 286 g/mol. The van der Waals surface area contributed by atoms with Gasteiger partial charge in [-0.15, -0.1) is 0 Å². The smallest absolute Gasteiger partial charge is 0.133 e. The Morgan fingerprint density at radius 1 is 1.00 bits per heavy atom. The molecule has 0 saturated heterocycles. The Balaban J connectivity index is 1.59. The van der Waals surface area contributed by atoms with Gasteiger partial charge >= 0.3 is 0 Å². The van der Waals surface area contributed by atoms with Gasteiger partial charge in [0, 0.05) is 12.8 Å². The second-order valence-corrected chi connectivity index (χ2v) is 8.53. The summed E-state index contributed by atoms with van der Waals surface area (Å²) in [4.78, 5) is 11.8. The van der Waals surface area contributed by atoms with Gasteiger partial charge in [0.15, 0.2) is 0 Å². The van der Waals surface area contributed by atoms with Crippen molar-refractivity contribution in [3.05, 3.63) is 11.6 Å². The Morgan fingerprint density at radius 3 is 2.67 bits per heavy atom. The van der Waals surface area contributed by atoms with Gasteiger partial charge in [0.1, 0.15) is 5.78 Å². The van der Waals surface area contributed by atoms with E-state index in [1.54, 1.807) is 5.57 Å². The van der Waals surface area contributed by atoms with E-state index in [0.29, 0.717) is 11.2 Å². The van der Waals surface area contributed by atoms with Crippen LogP contribution in [0.25, 0.3) is 0 Å². The van der Waals surface area contributed by atoms with E-state index < -0.39 is 0 Å². The van der Waals surface area contributed by atoms with Gasteiger partial charge in [-0.25, -0.2) is 0 Å². The number of rotatable bonds is 0. The maximum absolute atomic E-state index is 11.8. The van der Waals surface area contributed by atoms with Gasteiger partial charge in [-0.05, 0) is 86.9 Å². The van der Waals surface area contributed by atoms with Crippen molar-refractivity contribution in [1.29, 1.82) is 0 Å². The highest BCUT2D eigenvalue weighted by Gasteiger charge is 2.54. The number of fused-ring (bicyclic) bond motifs is 5. The molecule has 0 unspecified atom stereocenters. The topological polar surface area (TPSA) is 17.1 Å². The first kappa shape index (κ1) is 14.0. The summed E-state index contributed by atoms with van der Waals surface area (Å²) >= 11 is 0. The third-order valence-electron chi connectivity index (χ3n) is 7.96. The molecule has 0 amide bonds. The van der Waals surface area contributed by atoms with Crippen molar-refractivity contribution in [3.8, 4) is 0 Å². The zero-order valence-electron chi connectivity index (χ0n) is 13.7. The molecule has 0 aromatic carbocycles. The van der Waals surface area contributed by atoms with E-state index in [1.807, 2.05) is 0 Å². The summed E-state index contributed by atoms with van der Waals surface area (Å²) in [5, 5.41) is 0. The number of ketones is 1. The normalized spacial score (nSPS) is 51.4. The largest absolute Gasteiger partial charge is 0.300 e. The quantitative estimate of drug-likeness (QED) is 0.562. The first-order valence-corrected chi connectivity index (χ1v) is 9.31. The predicted octanol–water partition coefficient (Wildman–Crippen LogP) is 5.15. The molecule has 4 rings (SSSR count). The summed E-state index contributed by atoms with van der Waals surface area (Å²) in [6, 6.07) is 0. The number of carbonyl (C=O) groups excluding carboxylic acids is 1. The highest BCUT2D eigenvalue weighted by molar-refractivity contribution is 5.79. The van der Waals surface area contributed by atoms with E-state index in [-0.39, 0.29) is 0 Å². The standard InChI is InChI=1S/C20H30O/c1-3-14-5-9-19-18-7-4-13-12-15(21)6-8-16(13)17(18)10-11-20(14,19)2/h3,13,16-19H,4-12H2,1-2H3/t13-,16-,17+,18+,19-,20+/m0/s1. The van der Waals surface area contributed by atoms with Crippen molar-refractivity contribution < 1.29 is 4.79 Å². The third kappa shape index (κ3) is 1.99. The Bertz CT molecular complexity index is 476. The van der Waals surface area contributed by atoms with Crippen molar-refractivity contribution in [1.82, 2.24) is 0 Å². The lowest BCUT2D eigenvalue weighted by Gasteiger charge is -2.54. The highest BCUT2D eigenvalue weighted by Crippen LogP contribution is 2.63. The minimum Gasteiger partial charge on any atom is -0.300 e. The second-order valence-electron chi connectivity index (χ2n) is 8.53. The van der Waals surface area contributed by atoms with Gasteiger partial charge in [0.2, 0.25) is 0 Å². The van der Waals surface area contributed by atoms with Crippen LogP contribution in [0.3, 0.4) is 0 Å². The van der Waals surface area contributed by atoms with Gasteiger partial charge in [-0.1, -0.05) is 18.6 Å². The lowest BCUT2D eigenvalue weighted by atomic mass is 9.50. The lowest BCUT2D eigenvalue weighted by molar-refractivity contribution is -0.126. The molecular formula is C20H30O. The van der Waals surface area contributed by atoms with E-state index in [1.165, 1.54) is 44.9 Å². The van der Waals surface area contributed by atoms with E-state index in [2.05, 4.69) is 19.9 Å². The molecule has 6 atom stereocenters. The Labute approximate surface area is 129 Å². The molecule has 1 nitrogen and oxygen atoms in total. The average Bonchev–Trinajstić information content (AvgIpc) is 2.83. The number of hydrogen-bond donors (Lipinski definition) is 0. The number of carbonyl (C=O) groups is 1. The average molecular weight is 286 g/mol. The van der Waals surface area contributed by atoms with Crippen LogP contribution < -0.4 is 0 Å². The van der Waals surface area contributed by atoms with Crippen LogP contribution in [0.4, 0.5) is 0 Å². The van der Waals surface area contributed by atoms with Crippen LogP contribution in [-0.4, -0.2) is 5.78 Å². The van der Waals surface area contributed by atoms with Crippen LogP contribution in [0.15, 0.2) is 11.6 Å². The van der Waals surface area contributed by atoms with Crippen molar-refractivity contribution in [2.45, 2.75) is 71.6 Å². The van der Waals surface area contributed by atoms with Crippen molar-refractivity contribution >= 4 is 5.78 Å². The van der Waals surface area contributed by atoms with Crippen molar-refractivity contribution in [2.24, 2.45) is 35.0 Å². The molecule has 0 heterocycles. The predicted molar refractivity (Wildman–Crippen MR) is 85.9 cm³/mol. The van der Waals surface area contributed by atoms with Gasteiger partial charge < -0.3 is 0 Å². The summed E-state index contributed by atoms with van der Waals surface area (Å²) < 4.78 is 0. The number of allylic oxidation sites excluding steroid dienone is 2. The molecule has 0 bridgehead atoms. The molecule has 4 fully saturated rings. The van der Waals surface area contributed by atoms with Gasteiger partial charge in [-0.2, -0.15) is 0 Å². The summed E-state index contributed by atoms with van der Waals surface area (Å²) in [7, 11) is 0. The number of hydrogen-bond acceptors (Lipinski definition) is 1. The highest BCUT2D eigenvalue weighted by atomic mass is 16.1. The molecule has 0 spiro atoms. The first-order valence-electron chi connectivity index (χ1n) is 9.31. The maximum Gasteiger partial charge on any atom is 0.133 e. The molecule has 4 saturated carbocycles. The van der Waals surface area contributed by atoms with Crippen LogP contribution >= 0.6 is 0 Å². The lowest BCUT2D eigenvalue weighted by Crippen LogP contribution is -2.47. The minimum absolute atomic E-state index is 0.521. The fraction of sp³-hybridized carbons (Fsp3) is 0.850. The molecule has 4 aliphatic rings. The van der Waals surface area contributed by atoms with Gasteiger partial charge in [0.25, 0.3) is 0 Å². The zero-order valence-corrected chi connectivity index (χ0v) is 13.7. The van der Waals surface area contributed by atoms with Crippen LogP contribution in [0, 0.1) is 35.0 Å². The molecule has 116 valence electrons. The van der Waals surface area contributed by atoms with Crippen molar-refractivity contribution in [2.75, 3.05) is 0 Å². The van der Waals surface area contributed by atoms with E-state index in [4.69, 9.17) is 0 Å². The third-order valence-corrected chi connectivity index (χ3v) is 7.96. The molecule has 0 N–H and O–H groups in total. The fourth-order valence-corrected chi connectivity index (χ4v) is 6.98. The molecule has 21 heavy (non-hydrogen) atoms. The van der Waals surface area contributed by atoms with E-state index >= 15 is 0 Å². The van der Waals surface area contributed by atoms with Crippen LogP contribution in [0.2, 0.25) is 0 Å². The molecule has 0 aliphatic heterocycles. The SMILES string of the molecule is CC=C1CC[C@H]2[C@@H]3CC[C@H]4CC(=O)CC[C@@H]4[C@H]3CC[C@]12C. The van der Waals surface area contributed by atoms with Crippen LogP contribution in [0.1, 0.15) is 71.6 Å². The summed E-state index contributed by atoms with van der Waals surface area (Å²) in [6.07, 6.45) is 13.8. The Kier molecular flexibility index (Phi) is 3.32. The molecule has 0 aromatic heterocycles. The first-order chi connectivity index (χ1) is 10.1. The van der Waals surface area contributed by atoms with Gasteiger partial charge in [0.05, 0.1) is 0 Å². The molecular weight excluding hydrogens is 256 g/mol. The fourth-order valence-electron chi connectivity index (χ4n) is 6.98. The van der Waals surface area contributed by atoms with Crippen molar-refractivity contribution in [3.63, 3.8) is 0 Å². The molecule has 1 heteroatoms. The maximum atomic E-state index is 11.8. The summed E-state index contributed by atoms with van der Waals surface area (Å²) in [5.74, 6) is 5.05. The van der Waals surface area contributed by atoms with Crippen LogP contribution in [-0.2, 0) is 4.79 Å². The number of Topliss-reactive ketones (excluding diaryl/α,β-unsaturated/α-hetero) is 1.